The van der Waals surface area contributed by atoms with Crippen LogP contribution in [0.4, 0.5) is 0 Å². The number of benzene rings is 4. The third-order valence-corrected chi connectivity index (χ3v) is 13.7. The van der Waals surface area contributed by atoms with Crippen LogP contribution in [0.25, 0.3) is 11.1 Å². The summed E-state index contributed by atoms with van der Waals surface area (Å²) in [6, 6.07) is 39.4. The van der Waals surface area contributed by atoms with Crippen LogP contribution in [0.1, 0.15) is 62.8 Å². The van der Waals surface area contributed by atoms with E-state index in [1.807, 2.05) is 0 Å². The second kappa shape index (κ2) is 19.8. The van der Waals surface area contributed by atoms with E-state index in [0.29, 0.717) is 0 Å². The molecule has 6 rings (SSSR count). The minimum atomic E-state index is -0.455. The summed E-state index contributed by atoms with van der Waals surface area (Å²) in [4.78, 5) is 0. The van der Waals surface area contributed by atoms with E-state index in [9.17, 15) is 0 Å². The molecule has 44 heavy (non-hydrogen) atoms. The van der Waals surface area contributed by atoms with Crippen LogP contribution >= 0.6 is 0 Å². The summed E-state index contributed by atoms with van der Waals surface area (Å²) in [7, 11) is 0. The van der Waals surface area contributed by atoms with Crippen molar-refractivity contribution in [2.45, 2.75) is 53.4 Å². The summed E-state index contributed by atoms with van der Waals surface area (Å²) >= 11 is 1.64. The van der Waals surface area contributed by atoms with E-state index >= 15 is 0 Å². The van der Waals surface area contributed by atoms with Crippen LogP contribution < -0.4 is 35.2 Å². The van der Waals surface area contributed by atoms with Gasteiger partial charge in [0.25, 0.3) is 0 Å². The van der Waals surface area contributed by atoms with Crippen LogP contribution in [-0.2, 0) is 36.2 Å². The van der Waals surface area contributed by atoms with Gasteiger partial charge in [0.1, 0.15) is 0 Å². The molecule has 224 valence electrons. The predicted molar refractivity (Wildman–Crippen MR) is 180 cm³/mol. The molecule has 0 aromatic heterocycles. The molecule has 0 amide bonds. The van der Waals surface area contributed by atoms with Crippen LogP contribution in [-0.4, -0.2) is 5.43 Å². The Labute approximate surface area is 293 Å². The van der Waals surface area contributed by atoms with Crippen molar-refractivity contribution in [2.75, 3.05) is 0 Å². The van der Waals surface area contributed by atoms with E-state index < -0.39 is 5.43 Å². The van der Waals surface area contributed by atoms with Gasteiger partial charge in [-0.15, -0.1) is 24.0 Å². The first-order chi connectivity index (χ1) is 20.5. The van der Waals surface area contributed by atoms with Crippen molar-refractivity contribution in [3.8, 4) is 0 Å². The molecule has 0 radical (unpaired) electrons. The van der Waals surface area contributed by atoms with E-state index in [4.69, 9.17) is 0 Å². The summed E-state index contributed by atoms with van der Waals surface area (Å²) in [5, 5.41) is 3.03. The van der Waals surface area contributed by atoms with Gasteiger partial charge in [-0.3, -0.25) is 12.2 Å². The molecule has 4 aromatic rings. The molecule has 0 saturated carbocycles. The van der Waals surface area contributed by atoms with Crippen LogP contribution in [0.5, 0.6) is 0 Å². The Morgan fingerprint density at radius 1 is 0.545 bits per heavy atom. The number of allylic oxidation sites excluding steroid dienone is 8. The van der Waals surface area contributed by atoms with Crippen molar-refractivity contribution < 1.29 is 48.1 Å². The molecule has 0 aliphatic heterocycles. The number of hydrogen-bond donors (Lipinski definition) is 0. The summed E-state index contributed by atoms with van der Waals surface area (Å²) in [5.41, 5.74) is 10.3. The van der Waals surface area contributed by atoms with Crippen molar-refractivity contribution in [1.29, 1.82) is 0 Å². The van der Waals surface area contributed by atoms with Crippen molar-refractivity contribution in [2.24, 2.45) is 0 Å². The van der Waals surface area contributed by atoms with Crippen LogP contribution in [0, 0.1) is 12.2 Å². The summed E-state index contributed by atoms with van der Waals surface area (Å²) < 4.78 is 0. The molecule has 0 nitrogen and oxygen atoms in total. The topological polar surface area (TPSA) is 0 Å². The number of hydrogen-bond acceptors (Lipinski definition) is 0. The minimum absolute atomic E-state index is 0. The molecule has 2 aliphatic rings. The van der Waals surface area contributed by atoms with Gasteiger partial charge in [0.15, 0.2) is 0 Å². The molecular formula is C40H40Cl2SiZr-2. The fourth-order valence-corrected chi connectivity index (χ4v) is 8.84. The number of rotatable bonds is 6. The van der Waals surface area contributed by atoms with E-state index in [0.717, 1.165) is 25.7 Å². The molecule has 4 heteroatoms. The molecule has 4 aromatic carbocycles. The fourth-order valence-electron chi connectivity index (χ4n) is 4.99. The quantitative estimate of drug-likeness (QED) is 0.214. The Balaban J connectivity index is 0.000000225. The van der Waals surface area contributed by atoms with Crippen LogP contribution in [0.3, 0.4) is 0 Å². The Bertz CT molecular complexity index is 1460. The van der Waals surface area contributed by atoms with Gasteiger partial charge in [0.2, 0.25) is 0 Å². The molecule has 0 atom stereocenters. The average Bonchev–Trinajstić information content (AvgIpc) is 3.70. The molecule has 0 bridgehead atoms. The Morgan fingerprint density at radius 2 is 0.886 bits per heavy atom. The Morgan fingerprint density at radius 3 is 1.16 bits per heavy atom. The SMILES string of the molecule is CCc1ccc(C2=CC[C-]=C2C)cc1.CCc1ccc(C2=CC[C-]=C2C)cc1.[Cl-].[Cl-].[Zr+2]=[Si](c1ccccc1)c1ccccc1. The van der Waals surface area contributed by atoms with E-state index in [-0.39, 0.29) is 24.8 Å². The third-order valence-electron chi connectivity index (χ3n) is 7.63. The summed E-state index contributed by atoms with van der Waals surface area (Å²) in [6.07, 6.45) is 15.3. The number of aryl methyl sites for hydroxylation is 2. The van der Waals surface area contributed by atoms with Gasteiger partial charge in [0.05, 0.1) is 0 Å². The van der Waals surface area contributed by atoms with Gasteiger partial charge in [-0.2, -0.15) is 23.3 Å². The maximum atomic E-state index is 3.32. The van der Waals surface area contributed by atoms with Crippen LogP contribution in [0.2, 0.25) is 0 Å². The first kappa shape index (κ1) is 37.7. The van der Waals surface area contributed by atoms with Crippen molar-refractivity contribution in [3.63, 3.8) is 0 Å². The van der Waals surface area contributed by atoms with E-state index in [1.54, 1.807) is 23.3 Å². The molecule has 0 unspecified atom stereocenters. The van der Waals surface area contributed by atoms with Crippen molar-refractivity contribution in [1.82, 2.24) is 0 Å². The first-order valence-electron chi connectivity index (χ1n) is 14.9. The second-order valence-electron chi connectivity index (χ2n) is 10.5. The second-order valence-corrected chi connectivity index (χ2v) is 16.0. The predicted octanol–water partition coefficient (Wildman–Crippen LogP) is 2.92. The normalized spacial score (nSPS) is 12.9. The third kappa shape index (κ3) is 10.8. The van der Waals surface area contributed by atoms with Gasteiger partial charge >= 0.3 is 99.8 Å². The molecule has 0 N–H and O–H groups in total. The standard InChI is InChI=1S/2C14H15.C12H10Si.2ClH.Zr/c2*1-3-12-7-9-13(10-8-12)14-6-4-5-11(14)2;1-3-7-11(8-4-1)13-12-9-5-2-6-10-12;;;/h2*6-10H,3-4H2,1-2H3;1-10H;2*1H;/q2*-1;;;;+2/p-2. The maximum absolute atomic E-state index is 3.32. The van der Waals surface area contributed by atoms with Crippen LogP contribution in [0.15, 0.2) is 132 Å². The Kier molecular flexibility index (Phi) is 17.0. The summed E-state index contributed by atoms with van der Waals surface area (Å²) in [5.74, 6) is 0. The monoisotopic (exact) mass is 708 g/mol. The zero-order valence-corrected chi connectivity index (χ0v) is 31.1. The van der Waals surface area contributed by atoms with E-state index in [2.05, 4.69) is 161 Å². The average molecular weight is 711 g/mol. The van der Waals surface area contributed by atoms with Crippen molar-refractivity contribution in [3.05, 3.63) is 167 Å². The summed E-state index contributed by atoms with van der Waals surface area (Å²) in [6.45, 7) is 8.63. The van der Waals surface area contributed by atoms with Crippen molar-refractivity contribution >= 4 is 27.0 Å². The molecule has 0 saturated heterocycles. The molecule has 0 spiro atoms. The molecular weight excluding hydrogens is 671 g/mol. The molecule has 0 fully saturated rings. The van der Waals surface area contributed by atoms with Gasteiger partial charge in [-0.1, -0.05) is 76.2 Å². The van der Waals surface area contributed by atoms with E-state index in [1.165, 1.54) is 54.9 Å². The van der Waals surface area contributed by atoms with Gasteiger partial charge < -0.3 is 24.8 Å². The zero-order valence-electron chi connectivity index (χ0n) is 26.1. The molecule has 2 aliphatic carbocycles. The first-order valence-corrected chi connectivity index (χ1v) is 20.1. The van der Waals surface area contributed by atoms with Gasteiger partial charge in [0, 0.05) is 0 Å². The van der Waals surface area contributed by atoms with Gasteiger partial charge in [-0.25, -0.2) is 11.1 Å². The zero-order chi connectivity index (χ0) is 29.7. The molecule has 0 heterocycles. The number of halogens is 2. The fraction of sp³-hybridized carbons (Fsp3) is 0.200. The Hall–Kier alpha value is -2.48. The van der Waals surface area contributed by atoms with Gasteiger partial charge in [-0.05, 0) is 24.0 Å².